The number of Topliss-reactive ketones (excluding diaryl/α,β-unsaturated/α-hetero) is 1. The smallest absolute Gasteiger partial charge is 0.373 e. The summed E-state index contributed by atoms with van der Waals surface area (Å²) < 4.78 is 9.65. The van der Waals surface area contributed by atoms with Gasteiger partial charge in [-0.1, -0.05) is 42.5 Å². The molecule has 0 N–H and O–H groups in total. The molecule has 0 aliphatic heterocycles. The van der Waals surface area contributed by atoms with Crippen molar-refractivity contribution in [3.05, 3.63) is 65.6 Å². The Kier molecular flexibility index (Phi) is 4.50. The summed E-state index contributed by atoms with van der Waals surface area (Å²) in [5.74, 6) is -0.595. The highest BCUT2D eigenvalue weighted by Crippen LogP contribution is 2.12. The maximum Gasteiger partial charge on any atom is 0.373 e. The molecule has 0 unspecified atom stereocenters. The van der Waals surface area contributed by atoms with Crippen LogP contribution < -0.4 is 0 Å². The minimum Gasteiger partial charge on any atom is -0.463 e. The van der Waals surface area contributed by atoms with E-state index >= 15 is 0 Å². The first kappa shape index (κ1) is 13.8. The lowest BCUT2D eigenvalue weighted by atomic mass is 10.1. The molecule has 1 aromatic heterocycles. The number of ether oxygens (including phenoxy) is 1. The molecule has 102 valence electrons. The van der Waals surface area contributed by atoms with Gasteiger partial charge in [0.2, 0.25) is 11.5 Å². The van der Waals surface area contributed by atoms with Crippen LogP contribution in [0.25, 0.3) is 6.08 Å². The van der Waals surface area contributed by atoms with E-state index in [4.69, 9.17) is 4.42 Å². The third kappa shape index (κ3) is 3.45. The summed E-state index contributed by atoms with van der Waals surface area (Å²) in [6.45, 7) is 0. The van der Waals surface area contributed by atoms with E-state index in [1.807, 2.05) is 36.4 Å². The van der Waals surface area contributed by atoms with Crippen molar-refractivity contribution in [2.24, 2.45) is 0 Å². The third-order valence-electron chi connectivity index (χ3n) is 2.68. The van der Waals surface area contributed by atoms with Crippen molar-refractivity contribution in [1.29, 1.82) is 0 Å². The Morgan fingerprint density at radius 2 is 1.80 bits per heavy atom. The van der Waals surface area contributed by atoms with Crippen LogP contribution in [0.2, 0.25) is 0 Å². The minimum absolute atomic E-state index is 0.0305. The monoisotopic (exact) mass is 270 g/mol. The Balaban J connectivity index is 1.97. The van der Waals surface area contributed by atoms with Gasteiger partial charge in [0.05, 0.1) is 7.11 Å². The summed E-state index contributed by atoms with van der Waals surface area (Å²) in [6.07, 6.45) is 3.84. The highest BCUT2D eigenvalue weighted by atomic mass is 16.5. The highest BCUT2D eigenvalue weighted by Gasteiger charge is 2.14. The Hall–Kier alpha value is -2.62. The van der Waals surface area contributed by atoms with Gasteiger partial charge in [-0.15, -0.1) is 0 Å². The summed E-state index contributed by atoms with van der Waals surface area (Å²) in [5.41, 5.74) is 1.02. The van der Waals surface area contributed by atoms with E-state index in [0.717, 1.165) is 5.56 Å². The third-order valence-corrected chi connectivity index (χ3v) is 2.68. The van der Waals surface area contributed by atoms with Gasteiger partial charge in [-0.05, 0) is 17.7 Å². The number of allylic oxidation sites excluding steroid dienone is 1. The minimum atomic E-state index is -0.594. The van der Waals surface area contributed by atoms with Crippen LogP contribution in [0, 0.1) is 0 Å². The van der Waals surface area contributed by atoms with Crippen LogP contribution in [-0.2, 0) is 4.74 Å². The fourth-order valence-corrected chi connectivity index (χ4v) is 1.66. The summed E-state index contributed by atoms with van der Waals surface area (Å²) in [5, 5.41) is 0. The van der Waals surface area contributed by atoms with Crippen LogP contribution in [-0.4, -0.2) is 18.9 Å². The first-order chi connectivity index (χ1) is 9.70. The van der Waals surface area contributed by atoms with Crippen LogP contribution in [0.4, 0.5) is 0 Å². The second-order valence-electron chi connectivity index (χ2n) is 4.10. The van der Waals surface area contributed by atoms with Gasteiger partial charge in [0.15, 0.2) is 5.76 Å². The normalized spacial score (nSPS) is 10.7. The summed E-state index contributed by atoms with van der Waals surface area (Å²) >= 11 is 0. The Bertz CT molecular complexity index is 623. The molecule has 0 atom stereocenters. The van der Waals surface area contributed by atoms with Crippen molar-refractivity contribution in [2.75, 3.05) is 7.11 Å². The number of benzene rings is 1. The molecule has 2 aromatic rings. The van der Waals surface area contributed by atoms with Crippen molar-refractivity contribution in [1.82, 2.24) is 0 Å². The Morgan fingerprint density at radius 3 is 2.50 bits per heavy atom. The van der Waals surface area contributed by atoms with Crippen molar-refractivity contribution >= 4 is 17.8 Å². The molecule has 4 heteroatoms. The van der Waals surface area contributed by atoms with Crippen LogP contribution in [0.1, 0.15) is 33.1 Å². The number of rotatable bonds is 5. The van der Waals surface area contributed by atoms with Crippen LogP contribution >= 0.6 is 0 Å². The van der Waals surface area contributed by atoms with E-state index in [1.54, 1.807) is 6.08 Å². The summed E-state index contributed by atoms with van der Waals surface area (Å²) in [6, 6.07) is 12.6. The van der Waals surface area contributed by atoms with Crippen LogP contribution in [0.5, 0.6) is 0 Å². The maximum absolute atomic E-state index is 11.9. The van der Waals surface area contributed by atoms with Gasteiger partial charge in [0.25, 0.3) is 0 Å². The van der Waals surface area contributed by atoms with Crippen molar-refractivity contribution in [3.63, 3.8) is 0 Å². The molecule has 0 saturated carbocycles. The molecule has 0 radical (unpaired) electrons. The SMILES string of the molecule is COC(=O)c1ccc(C(=O)C/C=C/c2ccccc2)o1. The van der Waals surface area contributed by atoms with Gasteiger partial charge in [-0.2, -0.15) is 0 Å². The van der Waals surface area contributed by atoms with E-state index in [9.17, 15) is 9.59 Å². The maximum atomic E-state index is 11.9. The lowest BCUT2D eigenvalue weighted by Gasteiger charge is -1.94. The number of furan rings is 1. The lowest BCUT2D eigenvalue weighted by molar-refractivity contribution is 0.0563. The molecule has 4 nitrogen and oxygen atoms in total. The molecule has 20 heavy (non-hydrogen) atoms. The lowest BCUT2D eigenvalue weighted by Crippen LogP contribution is -1.99. The molecule has 0 bridgehead atoms. The molecule has 0 aliphatic carbocycles. The molecule has 1 heterocycles. The molecule has 0 saturated heterocycles. The molecule has 0 amide bonds. The molecular formula is C16H14O4. The van der Waals surface area contributed by atoms with E-state index in [0.29, 0.717) is 0 Å². The average molecular weight is 270 g/mol. The van der Waals surface area contributed by atoms with Crippen molar-refractivity contribution in [2.45, 2.75) is 6.42 Å². The Labute approximate surface area is 116 Å². The number of esters is 1. The highest BCUT2D eigenvalue weighted by molar-refractivity contribution is 5.96. The predicted molar refractivity (Wildman–Crippen MR) is 74.5 cm³/mol. The molecule has 0 fully saturated rings. The average Bonchev–Trinajstić information content (AvgIpc) is 2.97. The topological polar surface area (TPSA) is 56.5 Å². The van der Waals surface area contributed by atoms with Gasteiger partial charge in [-0.25, -0.2) is 4.79 Å². The zero-order valence-corrected chi connectivity index (χ0v) is 11.0. The van der Waals surface area contributed by atoms with Crippen molar-refractivity contribution < 1.29 is 18.7 Å². The largest absolute Gasteiger partial charge is 0.463 e. The molecular weight excluding hydrogens is 256 g/mol. The van der Waals surface area contributed by atoms with E-state index in [2.05, 4.69) is 4.74 Å². The zero-order chi connectivity index (χ0) is 14.4. The second-order valence-corrected chi connectivity index (χ2v) is 4.10. The number of carbonyl (C=O) groups is 2. The standard InChI is InChI=1S/C16H14O4/c1-19-16(18)15-11-10-14(20-15)13(17)9-5-8-12-6-3-2-4-7-12/h2-8,10-11H,9H2,1H3/b8-5+. The number of hydrogen-bond donors (Lipinski definition) is 0. The van der Waals surface area contributed by atoms with Gasteiger partial charge in [-0.3, -0.25) is 4.79 Å². The van der Waals surface area contributed by atoms with E-state index in [1.165, 1.54) is 19.2 Å². The van der Waals surface area contributed by atoms with Gasteiger partial charge in [0, 0.05) is 6.42 Å². The second kappa shape index (κ2) is 6.52. The number of hydrogen-bond acceptors (Lipinski definition) is 4. The van der Waals surface area contributed by atoms with E-state index in [-0.39, 0.29) is 23.7 Å². The molecule has 1 aromatic carbocycles. The zero-order valence-electron chi connectivity index (χ0n) is 11.0. The van der Waals surface area contributed by atoms with Crippen LogP contribution in [0.15, 0.2) is 53.0 Å². The van der Waals surface area contributed by atoms with E-state index < -0.39 is 5.97 Å². The van der Waals surface area contributed by atoms with Crippen LogP contribution in [0.3, 0.4) is 0 Å². The molecule has 2 rings (SSSR count). The number of ketones is 1. The number of carbonyl (C=O) groups excluding carboxylic acids is 2. The number of methoxy groups -OCH3 is 1. The first-order valence-corrected chi connectivity index (χ1v) is 6.13. The van der Waals surface area contributed by atoms with Gasteiger partial charge >= 0.3 is 5.97 Å². The Morgan fingerprint density at radius 1 is 1.10 bits per heavy atom. The fourth-order valence-electron chi connectivity index (χ4n) is 1.66. The fraction of sp³-hybridized carbons (Fsp3) is 0.125. The van der Waals surface area contributed by atoms with Gasteiger partial charge in [0.1, 0.15) is 0 Å². The summed E-state index contributed by atoms with van der Waals surface area (Å²) in [7, 11) is 1.26. The predicted octanol–water partition coefficient (Wildman–Crippen LogP) is 3.35. The molecule has 0 spiro atoms. The molecule has 0 aliphatic rings. The first-order valence-electron chi connectivity index (χ1n) is 6.13. The van der Waals surface area contributed by atoms with Gasteiger partial charge < -0.3 is 9.15 Å². The summed E-state index contributed by atoms with van der Waals surface area (Å²) in [4.78, 5) is 23.1. The van der Waals surface area contributed by atoms with Crippen molar-refractivity contribution in [3.8, 4) is 0 Å². The quantitative estimate of drug-likeness (QED) is 0.617.